The molecule has 1 fully saturated rings. The zero-order valence-corrected chi connectivity index (χ0v) is 10.5. The summed E-state index contributed by atoms with van der Waals surface area (Å²) in [5, 5.41) is 3.31. The van der Waals surface area contributed by atoms with Gasteiger partial charge in [-0.3, -0.25) is 0 Å². The van der Waals surface area contributed by atoms with E-state index in [9.17, 15) is 0 Å². The number of ether oxygens (including phenoxy) is 1. The van der Waals surface area contributed by atoms with E-state index >= 15 is 0 Å². The molecular weight excluding hydrogens is 242 g/mol. The van der Waals surface area contributed by atoms with Crippen LogP contribution in [0.25, 0.3) is 11.3 Å². The number of hydrogen-bond donors (Lipinski definition) is 1. The summed E-state index contributed by atoms with van der Waals surface area (Å²) in [5.41, 5.74) is 1.51. The molecular formula is C13H15N5O. The van der Waals surface area contributed by atoms with Crippen LogP contribution in [0, 0.1) is 0 Å². The van der Waals surface area contributed by atoms with Gasteiger partial charge >= 0.3 is 0 Å². The smallest absolute Gasteiger partial charge is 0.240 e. The minimum Gasteiger partial charge on any atom is -0.473 e. The van der Waals surface area contributed by atoms with E-state index in [4.69, 9.17) is 4.74 Å². The molecule has 0 radical (unpaired) electrons. The molecule has 6 nitrogen and oxygen atoms in total. The summed E-state index contributed by atoms with van der Waals surface area (Å²) in [7, 11) is 0. The Labute approximate surface area is 111 Å². The van der Waals surface area contributed by atoms with Gasteiger partial charge < -0.3 is 10.1 Å². The fourth-order valence-corrected chi connectivity index (χ4v) is 2.10. The monoisotopic (exact) mass is 257 g/mol. The van der Waals surface area contributed by atoms with E-state index < -0.39 is 0 Å². The highest BCUT2D eigenvalue weighted by molar-refractivity contribution is 5.61. The molecule has 98 valence electrons. The van der Waals surface area contributed by atoms with Crippen LogP contribution < -0.4 is 10.1 Å². The van der Waals surface area contributed by atoms with Crippen molar-refractivity contribution in [1.29, 1.82) is 0 Å². The van der Waals surface area contributed by atoms with E-state index in [1.807, 2.05) is 0 Å². The van der Waals surface area contributed by atoms with Crippen molar-refractivity contribution in [3.63, 3.8) is 0 Å². The Kier molecular flexibility index (Phi) is 3.60. The maximum absolute atomic E-state index is 5.97. The minimum absolute atomic E-state index is 0.196. The zero-order valence-electron chi connectivity index (χ0n) is 10.5. The third-order valence-electron chi connectivity index (χ3n) is 3.06. The van der Waals surface area contributed by atoms with E-state index in [1.54, 1.807) is 24.8 Å². The average molecular weight is 257 g/mol. The lowest BCUT2D eigenvalue weighted by atomic mass is 10.1. The maximum atomic E-state index is 5.97. The molecule has 2 aromatic rings. The van der Waals surface area contributed by atoms with Crippen molar-refractivity contribution in [2.75, 3.05) is 13.1 Å². The van der Waals surface area contributed by atoms with Crippen LogP contribution in [0.4, 0.5) is 0 Å². The van der Waals surface area contributed by atoms with Crippen molar-refractivity contribution >= 4 is 0 Å². The highest BCUT2D eigenvalue weighted by Crippen LogP contribution is 2.25. The van der Waals surface area contributed by atoms with Crippen LogP contribution in [-0.4, -0.2) is 39.1 Å². The van der Waals surface area contributed by atoms with E-state index in [2.05, 4.69) is 25.3 Å². The van der Waals surface area contributed by atoms with Gasteiger partial charge in [0, 0.05) is 30.4 Å². The van der Waals surface area contributed by atoms with Gasteiger partial charge in [-0.1, -0.05) is 0 Å². The van der Waals surface area contributed by atoms with E-state index in [0.717, 1.165) is 31.5 Å². The summed E-state index contributed by atoms with van der Waals surface area (Å²) < 4.78 is 5.97. The first kappa shape index (κ1) is 12.0. The second-order valence-corrected chi connectivity index (χ2v) is 4.40. The predicted molar refractivity (Wildman–Crippen MR) is 69.6 cm³/mol. The Morgan fingerprint density at radius 1 is 1.05 bits per heavy atom. The van der Waals surface area contributed by atoms with Gasteiger partial charge in [-0.25, -0.2) is 19.9 Å². The molecule has 1 aliphatic rings. The lowest BCUT2D eigenvalue weighted by molar-refractivity contribution is 0.156. The van der Waals surface area contributed by atoms with Crippen LogP contribution in [0.3, 0.4) is 0 Å². The second-order valence-electron chi connectivity index (χ2n) is 4.40. The quantitative estimate of drug-likeness (QED) is 0.886. The highest BCUT2D eigenvalue weighted by atomic mass is 16.5. The first-order valence-electron chi connectivity index (χ1n) is 6.37. The number of hydrogen-bond acceptors (Lipinski definition) is 6. The molecule has 0 unspecified atom stereocenters. The summed E-state index contributed by atoms with van der Waals surface area (Å²) in [6.45, 7) is 1.96. The summed E-state index contributed by atoms with van der Waals surface area (Å²) in [6.07, 6.45) is 10.4. The number of aromatic nitrogens is 4. The first-order chi connectivity index (χ1) is 9.43. The van der Waals surface area contributed by atoms with Crippen LogP contribution in [0.2, 0.25) is 0 Å². The molecule has 0 amide bonds. The summed E-state index contributed by atoms with van der Waals surface area (Å²) in [4.78, 5) is 16.6. The summed E-state index contributed by atoms with van der Waals surface area (Å²) in [5.74, 6) is 0.559. The number of nitrogens with one attached hydrogen (secondary N) is 1. The molecule has 1 N–H and O–H groups in total. The number of nitrogens with zero attached hydrogens (tertiary/aromatic N) is 4. The van der Waals surface area contributed by atoms with Gasteiger partial charge in [0.2, 0.25) is 5.88 Å². The van der Waals surface area contributed by atoms with Gasteiger partial charge in [-0.15, -0.1) is 0 Å². The molecule has 1 saturated heterocycles. The number of piperidine rings is 1. The molecule has 0 bridgehead atoms. The van der Waals surface area contributed by atoms with Gasteiger partial charge in [-0.2, -0.15) is 0 Å². The van der Waals surface area contributed by atoms with Crippen molar-refractivity contribution in [3.8, 4) is 17.1 Å². The second kappa shape index (κ2) is 5.71. The zero-order chi connectivity index (χ0) is 12.9. The molecule has 0 atom stereocenters. The van der Waals surface area contributed by atoms with Crippen molar-refractivity contribution in [3.05, 3.63) is 31.1 Å². The van der Waals surface area contributed by atoms with Gasteiger partial charge in [0.25, 0.3) is 0 Å². The van der Waals surface area contributed by atoms with E-state index in [-0.39, 0.29) is 6.10 Å². The van der Waals surface area contributed by atoms with Gasteiger partial charge in [-0.05, 0) is 25.9 Å². The van der Waals surface area contributed by atoms with Crippen LogP contribution in [0.15, 0.2) is 31.1 Å². The van der Waals surface area contributed by atoms with Crippen molar-refractivity contribution in [2.24, 2.45) is 0 Å². The minimum atomic E-state index is 0.196. The number of rotatable bonds is 3. The van der Waals surface area contributed by atoms with Gasteiger partial charge in [0.1, 0.15) is 18.1 Å². The lowest BCUT2D eigenvalue weighted by Gasteiger charge is -2.23. The SMILES string of the molecule is c1ncc(-c2nccnc2OC2CCNCC2)cn1. The van der Waals surface area contributed by atoms with Gasteiger partial charge in [0.05, 0.1) is 0 Å². The first-order valence-corrected chi connectivity index (χ1v) is 6.37. The van der Waals surface area contributed by atoms with Crippen LogP contribution in [0.5, 0.6) is 5.88 Å². The Balaban J connectivity index is 1.85. The van der Waals surface area contributed by atoms with Crippen molar-refractivity contribution in [2.45, 2.75) is 18.9 Å². The molecule has 1 aliphatic heterocycles. The van der Waals surface area contributed by atoms with E-state index in [0.29, 0.717) is 11.6 Å². The van der Waals surface area contributed by atoms with Crippen molar-refractivity contribution < 1.29 is 4.74 Å². The van der Waals surface area contributed by atoms with Crippen molar-refractivity contribution in [1.82, 2.24) is 25.3 Å². The largest absolute Gasteiger partial charge is 0.473 e. The predicted octanol–water partition coefficient (Wildman–Crippen LogP) is 1.06. The summed E-state index contributed by atoms with van der Waals surface area (Å²) in [6, 6.07) is 0. The Bertz CT molecular complexity index is 528. The lowest BCUT2D eigenvalue weighted by Crippen LogP contribution is -2.34. The molecule has 3 rings (SSSR count). The Hall–Kier alpha value is -2.08. The Morgan fingerprint density at radius 2 is 1.79 bits per heavy atom. The van der Waals surface area contributed by atoms with Crippen LogP contribution in [-0.2, 0) is 0 Å². The topological polar surface area (TPSA) is 72.8 Å². The molecule has 0 saturated carbocycles. The molecule has 0 aromatic carbocycles. The molecule has 2 aromatic heterocycles. The van der Waals surface area contributed by atoms with Gasteiger partial charge in [0.15, 0.2) is 0 Å². The fraction of sp³-hybridized carbons (Fsp3) is 0.385. The van der Waals surface area contributed by atoms with Crippen LogP contribution in [0.1, 0.15) is 12.8 Å². The fourth-order valence-electron chi connectivity index (χ4n) is 2.10. The average Bonchev–Trinajstić information content (AvgIpc) is 2.50. The molecule has 6 heteroatoms. The molecule has 3 heterocycles. The maximum Gasteiger partial charge on any atom is 0.240 e. The molecule has 0 aliphatic carbocycles. The van der Waals surface area contributed by atoms with Crippen LogP contribution >= 0.6 is 0 Å². The normalized spacial score (nSPS) is 16.2. The third-order valence-corrected chi connectivity index (χ3v) is 3.06. The standard InChI is InChI=1S/C13H15N5O/c1-3-14-4-2-11(1)19-13-12(17-5-6-18-13)10-7-15-9-16-8-10/h5-9,11,14H,1-4H2. The highest BCUT2D eigenvalue weighted by Gasteiger charge is 2.18. The summed E-state index contributed by atoms with van der Waals surface area (Å²) >= 11 is 0. The molecule has 19 heavy (non-hydrogen) atoms. The molecule has 0 spiro atoms. The Morgan fingerprint density at radius 3 is 2.58 bits per heavy atom. The van der Waals surface area contributed by atoms with E-state index in [1.165, 1.54) is 6.33 Å². The third kappa shape index (κ3) is 2.85.